The van der Waals surface area contributed by atoms with E-state index in [1.54, 1.807) is 0 Å². The molecule has 164 valence electrons. The Morgan fingerprint density at radius 2 is 1.90 bits per heavy atom. The molecule has 3 N–H and O–H groups in total. The normalized spacial score (nSPS) is 19.5. The van der Waals surface area contributed by atoms with Crippen molar-refractivity contribution in [3.8, 4) is 5.69 Å². The van der Waals surface area contributed by atoms with Crippen LogP contribution < -0.4 is 16.0 Å². The predicted molar refractivity (Wildman–Crippen MR) is 116 cm³/mol. The third-order valence-corrected chi connectivity index (χ3v) is 6.40. The van der Waals surface area contributed by atoms with Crippen molar-refractivity contribution in [1.82, 2.24) is 30.7 Å². The van der Waals surface area contributed by atoms with Crippen molar-refractivity contribution < 1.29 is 14.4 Å². The lowest BCUT2D eigenvalue weighted by Crippen LogP contribution is -2.53. The molecule has 1 aliphatic carbocycles. The van der Waals surface area contributed by atoms with Crippen molar-refractivity contribution in [2.24, 2.45) is 0 Å². The molecule has 2 heterocycles. The summed E-state index contributed by atoms with van der Waals surface area (Å²) in [6, 6.07) is 9.03. The largest absolute Gasteiger partial charge is 0.353 e. The van der Waals surface area contributed by atoms with E-state index in [9.17, 15) is 14.4 Å². The molecule has 10 heteroatoms. The molecule has 1 saturated heterocycles. The molecular formula is C21H26N6O3S. The van der Waals surface area contributed by atoms with Crippen LogP contribution in [0, 0.1) is 0 Å². The Labute approximate surface area is 184 Å². The van der Waals surface area contributed by atoms with Gasteiger partial charge in [0.2, 0.25) is 11.8 Å². The Bertz CT molecular complexity index is 926. The third kappa shape index (κ3) is 5.63. The Morgan fingerprint density at radius 1 is 1.13 bits per heavy atom. The fraction of sp³-hybridized carbons (Fsp3) is 0.476. The van der Waals surface area contributed by atoms with Crippen LogP contribution in [0.4, 0.5) is 4.79 Å². The van der Waals surface area contributed by atoms with Gasteiger partial charge in [0.15, 0.2) is 5.16 Å². The zero-order chi connectivity index (χ0) is 21.6. The van der Waals surface area contributed by atoms with E-state index in [4.69, 9.17) is 0 Å². The highest BCUT2D eigenvalue weighted by Gasteiger charge is 2.27. The van der Waals surface area contributed by atoms with Crippen molar-refractivity contribution in [2.45, 2.75) is 62.2 Å². The summed E-state index contributed by atoms with van der Waals surface area (Å²) in [5, 5.41) is 17.3. The molecule has 4 rings (SSSR count). The average Bonchev–Trinajstić information content (AvgIpc) is 3.15. The number of thioether (sulfide) groups is 1. The fourth-order valence-electron chi connectivity index (χ4n) is 4.03. The van der Waals surface area contributed by atoms with Gasteiger partial charge in [-0.15, -0.1) is 10.2 Å². The summed E-state index contributed by atoms with van der Waals surface area (Å²) >= 11 is 1.33. The van der Waals surface area contributed by atoms with E-state index in [0.717, 1.165) is 18.5 Å². The number of rotatable bonds is 7. The van der Waals surface area contributed by atoms with Crippen molar-refractivity contribution >= 4 is 29.6 Å². The molecule has 9 nitrogen and oxygen atoms in total. The Balaban J connectivity index is 1.47. The SMILES string of the molecule is O=C1CC(Cc2nnc(SCC(=O)NC3CCCCC3)n2-c2ccccc2)NC(=O)N1. The maximum Gasteiger partial charge on any atom is 0.321 e. The Kier molecular flexibility index (Phi) is 6.86. The lowest BCUT2D eigenvalue weighted by molar-refractivity contribution is -0.121. The van der Waals surface area contributed by atoms with Crippen LogP contribution in [0.1, 0.15) is 44.3 Å². The molecule has 1 atom stereocenters. The maximum atomic E-state index is 12.4. The average molecular weight is 443 g/mol. The Hall–Kier alpha value is -2.88. The van der Waals surface area contributed by atoms with Crippen LogP contribution in [0.25, 0.3) is 5.69 Å². The summed E-state index contributed by atoms with van der Waals surface area (Å²) in [6.45, 7) is 0. The zero-order valence-corrected chi connectivity index (χ0v) is 18.0. The summed E-state index contributed by atoms with van der Waals surface area (Å²) in [5.41, 5.74) is 0.865. The molecule has 0 spiro atoms. The van der Waals surface area contributed by atoms with Gasteiger partial charge in [0.25, 0.3) is 0 Å². The number of amides is 4. The second-order valence-electron chi connectivity index (χ2n) is 7.89. The first-order chi connectivity index (χ1) is 15.1. The molecule has 0 bridgehead atoms. The quantitative estimate of drug-likeness (QED) is 0.564. The first-order valence-electron chi connectivity index (χ1n) is 10.6. The van der Waals surface area contributed by atoms with E-state index in [1.165, 1.54) is 31.0 Å². The number of urea groups is 1. The minimum Gasteiger partial charge on any atom is -0.353 e. The van der Waals surface area contributed by atoms with Gasteiger partial charge in [-0.25, -0.2) is 4.79 Å². The first-order valence-corrected chi connectivity index (χ1v) is 11.6. The minimum absolute atomic E-state index is 0.00252. The van der Waals surface area contributed by atoms with E-state index in [0.29, 0.717) is 17.4 Å². The third-order valence-electron chi connectivity index (χ3n) is 5.47. The van der Waals surface area contributed by atoms with Gasteiger partial charge < -0.3 is 10.6 Å². The van der Waals surface area contributed by atoms with Gasteiger partial charge in [0, 0.05) is 30.6 Å². The fourth-order valence-corrected chi connectivity index (χ4v) is 4.81. The maximum absolute atomic E-state index is 12.4. The van der Waals surface area contributed by atoms with E-state index < -0.39 is 6.03 Å². The zero-order valence-electron chi connectivity index (χ0n) is 17.2. The molecule has 1 aliphatic heterocycles. The number of nitrogens with one attached hydrogen (secondary N) is 3. The highest BCUT2D eigenvalue weighted by Crippen LogP contribution is 2.24. The van der Waals surface area contributed by atoms with Crippen molar-refractivity contribution in [3.63, 3.8) is 0 Å². The number of carbonyl (C=O) groups is 3. The molecule has 2 aliphatic rings. The number of imide groups is 1. The number of carbonyl (C=O) groups excluding carboxylic acids is 3. The number of para-hydroxylation sites is 1. The first kappa shape index (κ1) is 21.4. The van der Waals surface area contributed by atoms with Crippen LogP contribution in [-0.2, 0) is 16.0 Å². The van der Waals surface area contributed by atoms with Crippen LogP contribution in [0.5, 0.6) is 0 Å². The second kappa shape index (κ2) is 9.95. The molecular weight excluding hydrogens is 416 g/mol. The molecule has 2 aromatic rings. The number of hydrogen-bond donors (Lipinski definition) is 3. The summed E-state index contributed by atoms with van der Waals surface area (Å²) in [5.74, 6) is 0.566. The summed E-state index contributed by atoms with van der Waals surface area (Å²) in [7, 11) is 0. The van der Waals surface area contributed by atoms with Gasteiger partial charge in [-0.3, -0.25) is 19.5 Å². The van der Waals surface area contributed by atoms with Crippen LogP contribution in [0.3, 0.4) is 0 Å². The summed E-state index contributed by atoms with van der Waals surface area (Å²) < 4.78 is 1.89. The van der Waals surface area contributed by atoms with Gasteiger partial charge in [0.05, 0.1) is 5.75 Å². The van der Waals surface area contributed by atoms with Crippen LogP contribution in [-0.4, -0.2) is 50.4 Å². The lowest BCUT2D eigenvalue weighted by Gasteiger charge is -2.23. The van der Waals surface area contributed by atoms with Crippen LogP contribution >= 0.6 is 11.8 Å². The lowest BCUT2D eigenvalue weighted by atomic mass is 9.95. The van der Waals surface area contributed by atoms with Crippen LogP contribution in [0.2, 0.25) is 0 Å². The van der Waals surface area contributed by atoms with Gasteiger partial charge in [0.1, 0.15) is 5.82 Å². The highest BCUT2D eigenvalue weighted by atomic mass is 32.2. The van der Waals surface area contributed by atoms with Crippen molar-refractivity contribution in [2.75, 3.05) is 5.75 Å². The summed E-state index contributed by atoms with van der Waals surface area (Å²) in [4.78, 5) is 35.8. The van der Waals surface area contributed by atoms with Crippen molar-refractivity contribution in [3.05, 3.63) is 36.2 Å². The molecule has 0 radical (unpaired) electrons. The predicted octanol–water partition coefficient (Wildman–Crippen LogP) is 1.95. The monoisotopic (exact) mass is 442 g/mol. The molecule has 1 saturated carbocycles. The Morgan fingerprint density at radius 3 is 2.65 bits per heavy atom. The molecule has 2 fully saturated rings. The minimum atomic E-state index is -0.499. The number of aromatic nitrogens is 3. The van der Waals surface area contributed by atoms with Gasteiger partial charge in [-0.2, -0.15) is 0 Å². The van der Waals surface area contributed by atoms with E-state index in [2.05, 4.69) is 26.1 Å². The van der Waals surface area contributed by atoms with Gasteiger partial charge in [-0.05, 0) is 25.0 Å². The smallest absolute Gasteiger partial charge is 0.321 e. The molecule has 4 amide bonds. The topological polar surface area (TPSA) is 118 Å². The molecule has 1 aromatic carbocycles. The number of nitrogens with zero attached hydrogens (tertiary/aromatic N) is 3. The standard InChI is InChI=1S/C21H26N6O3S/c28-18-12-15(23-20(30)24-18)11-17-25-26-21(27(17)16-9-5-2-6-10-16)31-13-19(29)22-14-7-3-1-4-8-14/h2,5-6,9-10,14-15H,1,3-4,7-8,11-13H2,(H,22,29)(H2,23,24,28,30). The number of benzene rings is 1. The van der Waals surface area contributed by atoms with E-state index in [-0.39, 0.29) is 36.1 Å². The van der Waals surface area contributed by atoms with Gasteiger partial charge >= 0.3 is 6.03 Å². The molecule has 1 unspecified atom stereocenters. The van der Waals surface area contributed by atoms with Crippen molar-refractivity contribution in [1.29, 1.82) is 0 Å². The number of hydrogen-bond acceptors (Lipinski definition) is 6. The highest BCUT2D eigenvalue weighted by molar-refractivity contribution is 7.99. The summed E-state index contributed by atoms with van der Waals surface area (Å²) in [6.07, 6.45) is 6.20. The van der Waals surface area contributed by atoms with E-state index >= 15 is 0 Å². The molecule has 1 aromatic heterocycles. The van der Waals surface area contributed by atoms with E-state index in [1.807, 2.05) is 34.9 Å². The second-order valence-corrected chi connectivity index (χ2v) is 8.83. The van der Waals surface area contributed by atoms with Crippen LogP contribution in [0.15, 0.2) is 35.5 Å². The molecule has 31 heavy (non-hydrogen) atoms. The van der Waals surface area contributed by atoms with Gasteiger partial charge in [-0.1, -0.05) is 49.2 Å².